The average Bonchev–Trinajstić information content (AvgIpc) is 3.30. The van der Waals surface area contributed by atoms with Crippen LogP contribution in [0.3, 0.4) is 0 Å². The van der Waals surface area contributed by atoms with Crippen LogP contribution in [0.4, 0.5) is 0 Å². The van der Waals surface area contributed by atoms with E-state index in [0.717, 1.165) is 0 Å². The number of hydrogen-bond donors (Lipinski definition) is 1. The zero-order valence-electron chi connectivity index (χ0n) is 16.9. The first-order chi connectivity index (χ1) is 15.6. The quantitative estimate of drug-likeness (QED) is 0.391. The Labute approximate surface area is 183 Å². The summed E-state index contributed by atoms with van der Waals surface area (Å²) in [4.78, 5) is 46.1. The molecule has 1 aliphatic rings. The summed E-state index contributed by atoms with van der Waals surface area (Å²) >= 11 is 0. The van der Waals surface area contributed by atoms with E-state index in [1.807, 2.05) is 0 Å². The predicted molar refractivity (Wildman–Crippen MR) is 116 cm³/mol. The summed E-state index contributed by atoms with van der Waals surface area (Å²) in [6.07, 6.45) is 1.60. The Balaban J connectivity index is 1.46. The number of fused-ring (bicyclic) bond motifs is 1. The van der Waals surface area contributed by atoms with Gasteiger partial charge in [-0.05, 0) is 18.2 Å². The van der Waals surface area contributed by atoms with Crippen molar-refractivity contribution in [1.29, 1.82) is 0 Å². The molecule has 0 bridgehead atoms. The van der Waals surface area contributed by atoms with E-state index >= 15 is 0 Å². The molecule has 2 aromatic carbocycles. The molecule has 0 saturated carbocycles. The van der Waals surface area contributed by atoms with Crippen LogP contribution in [0, 0.1) is 0 Å². The SMILES string of the molecule is O=C(C(=O)c1cccc(-c2nccc(-c3cc4n(n3)CCNC4=O)n2)c1)c1ccccc1. The molecule has 0 saturated heterocycles. The molecule has 3 heterocycles. The molecule has 0 radical (unpaired) electrons. The minimum Gasteiger partial charge on any atom is -0.349 e. The summed E-state index contributed by atoms with van der Waals surface area (Å²) in [5.41, 5.74) is 2.81. The summed E-state index contributed by atoms with van der Waals surface area (Å²) < 4.78 is 1.66. The lowest BCUT2D eigenvalue weighted by atomic mass is 10.00. The van der Waals surface area contributed by atoms with Crippen LogP contribution in [0.15, 0.2) is 72.9 Å². The monoisotopic (exact) mass is 423 g/mol. The summed E-state index contributed by atoms with van der Waals surface area (Å²) in [5.74, 6) is -0.945. The fourth-order valence-corrected chi connectivity index (χ4v) is 3.55. The summed E-state index contributed by atoms with van der Waals surface area (Å²) in [6.45, 7) is 1.13. The third-order valence-corrected chi connectivity index (χ3v) is 5.16. The van der Waals surface area contributed by atoms with E-state index in [0.29, 0.717) is 47.1 Å². The lowest BCUT2D eigenvalue weighted by Crippen LogP contribution is -2.35. The molecule has 0 aliphatic carbocycles. The Bertz CT molecular complexity index is 1360. The molecule has 32 heavy (non-hydrogen) atoms. The Kier molecular flexibility index (Phi) is 4.87. The molecule has 0 unspecified atom stereocenters. The first-order valence-electron chi connectivity index (χ1n) is 10.0. The van der Waals surface area contributed by atoms with Crippen LogP contribution in [-0.4, -0.2) is 43.8 Å². The van der Waals surface area contributed by atoms with Gasteiger partial charge in [0.1, 0.15) is 11.4 Å². The molecular formula is C24H17N5O3. The van der Waals surface area contributed by atoms with Crippen LogP contribution >= 0.6 is 0 Å². The van der Waals surface area contributed by atoms with Gasteiger partial charge in [-0.1, -0.05) is 48.5 Å². The number of ketones is 2. The number of carbonyl (C=O) groups excluding carboxylic acids is 3. The van der Waals surface area contributed by atoms with Crippen molar-refractivity contribution in [2.45, 2.75) is 6.54 Å². The fourth-order valence-electron chi connectivity index (χ4n) is 3.55. The molecule has 8 heteroatoms. The topological polar surface area (TPSA) is 107 Å². The van der Waals surface area contributed by atoms with E-state index in [9.17, 15) is 14.4 Å². The third kappa shape index (κ3) is 3.58. The molecule has 0 spiro atoms. The Hall–Kier alpha value is -4.46. The van der Waals surface area contributed by atoms with Crippen LogP contribution in [0.1, 0.15) is 31.2 Å². The molecular weight excluding hydrogens is 406 g/mol. The second kappa shape index (κ2) is 7.99. The van der Waals surface area contributed by atoms with Crippen molar-refractivity contribution >= 4 is 17.5 Å². The van der Waals surface area contributed by atoms with Crippen LogP contribution < -0.4 is 5.32 Å². The van der Waals surface area contributed by atoms with Crippen molar-refractivity contribution in [3.63, 3.8) is 0 Å². The van der Waals surface area contributed by atoms with E-state index in [1.54, 1.807) is 77.6 Å². The number of aromatic nitrogens is 4. The van der Waals surface area contributed by atoms with Gasteiger partial charge in [-0.15, -0.1) is 0 Å². The second-order valence-corrected chi connectivity index (χ2v) is 7.26. The molecule has 1 N–H and O–H groups in total. The number of benzene rings is 2. The maximum Gasteiger partial charge on any atom is 0.269 e. The van der Waals surface area contributed by atoms with Crippen molar-refractivity contribution in [3.05, 3.63) is 89.7 Å². The maximum atomic E-state index is 12.7. The highest BCUT2D eigenvalue weighted by atomic mass is 16.2. The van der Waals surface area contributed by atoms with Gasteiger partial charge in [0, 0.05) is 29.4 Å². The van der Waals surface area contributed by atoms with Gasteiger partial charge in [0.15, 0.2) is 5.82 Å². The Morgan fingerprint density at radius 3 is 2.47 bits per heavy atom. The van der Waals surface area contributed by atoms with Crippen LogP contribution in [0.2, 0.25) is 0 Å². The normalized spacial score (nSPS) is 12.7. The molecule has 0 atom stereocenters. The summed E-state index contributed by atoms with van der Waals surface area (Å²) in [7, 11) is 0. The standard InChI is InChI=1S/C24H17N5O3/c30-21(15-5-2-1-3-6-15)22(31)16-7-4-8-17(13-16)23-25-10-9-18(27-23)19-14-20-24(32)26-11-12-29(20)28-19/h1-10,13-14H,11-12H2,(H,26,32). The van der Waals surface area contributed by atoms with Crippen LogP contribution in [-0.2, 0) is 6.54 Å². The molecule has 156 valence electrons. The smallest absolute Gasteiger partial charge is 0.269 e. The molecule has 1 aliphatic heterocycles. The summed E-state index contributed by atoms with van der Waals surface area (Å²) in [5, 5.41) is 7.26. The van der Waals surface area contributed by atoms with Crippen molar-refractivity contribution in [3.8, 4) is 22.8 Å². The molecule has 0 fully saturated rings. The zero-order chi connectivity index (χ0) is 22.1. The average molecular weight is 423 g/mol. The van der Waals surface area contributed by atoms with Crippen molar-refractivity contribution in [1.82, 2.24) is 25.1 Å². The molecule has 4 aromatic rings. The number of nitrogens with zero attached hydrogens (tertiary/aromatic N) is 4. The number of amides is 1. The third-order valence-electron chi connectivity index (χ3n) is 5.16. The van der Waals surface area contributed by atoms with Gasteiger partial charge in [0.05, 0.1) is 12.2 Å². The van der Waals surface area contributed by atoms with E-state index < -0.39 is 11.6 Å². The number of carbonyl (C=O) groups is 3. The highest BCUT2D eigenvalue weighted by Crippen LogP contribution is 2.23. The number of nitrogens with one attached hydrogen (secondary N) is 1. The first-order valence-corrected chi connectivity index (χ1v) is 10.0. The maximum absolute atomic E-state index is 12.7. The fraction of sp³-hybridized carbons (Fsp3) is 0.0833. The lowest BCUT2D eigenvalue weighted by Gasteiger charge is -2.13. The largest absolute Gasteiger partial charge is 0.349 e. The predicted octanol–water partition coefficient (Wildman–Crippen LogP) is 2.82. The van der Waals surface area contributed by atoms with Gasteiger partial charge in [0.2, 0.25) is 11.6 Å². The number of hydrogen-bond acceptors (Lipinski definition) is 6. The number of Topliss-reactive ketones (excluding diaryl/α,β-unsaturated/α-hetero) is 2. The lowest BCUT2D eigenvalue weighted by molar-refractivity contribution is 0.0817. The molecule has 2 aromatic heterocycles. The van der Waals surface area contributed by atoms with E-state index in [2.05, 4.69) is 20.4 Å². The van der Waals surface area contributed by atoms with E-state index in [-0.39, 0.29) is 11.5 Å². The van der Waals surface area contributed by atoms with Gasteiger partial charge in [-0.25, -0.2) is 9.97 Å². The molecule has 5 rings (SSSR count). The second-order valence-electron chi connectivity index (χ2n) is 7.26. The minimum atomic E-state index is -0.595. The van der Waals surface area contributed by atoms with Crippen LogP contribution in [0.5, 0.6) is 0 Å². The van der Waals surface area contributed by atoms with Crippen molar-refractivity contribution in [2.75, 3.05) is 6.54 Å². The highest BCUT2D eigenvalue weighted by molar-refractivity contribution is 6.49. The van der Waals surface area contributed by atoms with E-state index in [4.69, 9.17) is 0 Å². The van der Waals surface area contributed by atoms with Gasteiger partial charge >= 0.3 is 0 Å². The number of rotatable bonds is 5. The molecule has 8 nitrogen and oxygen atoms in total. The minimum absolute atomic E-state index is 0.168. The Morgan fingerprint density at radius 1 is 0.875 bits per heavy atom. The molecule has 1 amide bonds. The highest BCUT2D eigenvalue weighted by Gasteiger charge is 2.21. The first kappa shape index (κ1) is 19.5. The van der Waals surface area contributed by atoms with Crippen LogP contribution in [0.25, 0.3) is 22.8 Å². The van der Waals surface area contributed by atoms with Gasteiger partial charge < -0.3 is 5.32 Å². The zero-order valence-corrected chi connectivity index (χ0v) is 16.9. The van der Waals surface area contributed by atoms with Gasteiger partial charge in [-0.2, -0.15) is 5.10 Å². The van der Waals surface area contributed by atoms with Crippen molar-refractivity contribution < 1.29 is 14.4 Å². The van der Waals surface area contributed by atoms with Gasteiger partial charge in [-0.3, -0.25) is 19.1 Å². The van der Waals surface area contributed by atoms with E-state index in [1.165, 1.54) is 0 Å². The van der Waals surface area contributed by atoms with Gasteiger partial charge in [0.25, 0.3) is 5.91 Å². The summed E-state index contributed by atoms with van der Waals surface area (Å²) in [6, 6.07) is 18.5. The Morgan fingerprint density at radius 2 is 1.66 bits per heavy atom. The van der Waals surface area contributed by atoms with Crippen molar-refractivity contribution in [2.24, 2.45) is 0 Å².